The fraction of sp³-hybridized carbons (Fsp3) is 0.0833. The first-order valence-electron chi connectivity index (χ1n) is 5.22. The summed E-state index contributed by atoms with van der Waals surface area (Å²) in [4.78, 5) is 4.58. The Balaban J connectivity index is 2.53. The fourth-order valence-electron chi connectivity index (χ4n) is 1.59. The first-order chi connectivity index (χ1) is 8.95. The number of nitrogens with zero attached hydrogens (tertiary/aromatic N) is 1. The van der Waals surface area contributed by atoms with E-state index in [4.69, 9.17) is 10.7 Å². The molecule has 0 saturated heterocycles. The average molecular weight is 379 g/mol. The van der Waals surface area contributed by atoms with Gasteiger partial charge in [-0.15, -0.1) is 0 Å². The molecule has 1 heterocycles. The van der Waals surface area contributed by atoms with Crippen molar-refractivity contribution in [1.29, 1.82) is 0 Å². The van der Waals surface area contributed by atoms with Gasteiger partial charge in [-0.3, -0.25) is 0 Å². The lowest BCUT2D eigenvalue weighted by atomic mass is 10.4. The summed E-state index contributed by atoms with van der Waals surface area (Å²) in [5, 5.41) is 0.578. The Kier molecular flexibility index (Phi) is 4.55. The zero-order valence-electron chi connectivity index (χ0n) is 9.80. The maximum atomic E-state index is 12.5. The van der Waals surface area contributed by atoms with E-state index in [1.165, 1.54) is 6.07 Å². The molecule has 0 amide bonds. The molecule has 7 heteroatoms. The monoisotopic (exact) mass is 377 g/mol. The molecule has 0 unspecified atom stereocenters. The van der Waals surface area contributed by atoms with Gasteiger partial charge in [-0.1, -0.05) is 15.9 Å². The van der Waals surface area contributed by atoms with Crippen molar-refractivity contribution in [1.82, 2.24) is 4.98 Å². The molecule has 0 radical (unpaired) electrons. The van der Waals surface area contributed by atoms with Gasteiger partial charge in [-0.2, -0.15) is 0 Å². The molecule has 0 saturated carbocycles. The third kappa shape index (κ3) is 3.13. The maximum Gasteiger partial charge on any atom is 0.208 e. The zero-order chi connectivity index (χ0) is 14.0. The fourth-order valence-corrected chi connectivity index (χ4v) is 3.84. The second kappa shape index (κ2) is 5.83. The molecule has 0 aliphatic carbocycles. The Morgan fingerprint density at radius 1 is 1.16 bits per heavy atom. The van der Waals surface area contributed by atoms with Gasteiger partial charge in [0.25, 0.3) is 0 Å². The molecule has 19 heavy (non-hydrogen) atoms. The summed E-state index contributed by atoms with van der Waals surface area (Å²) in [6.45, 7) is 1.66. The average Bonchev–Trinajstić information content (AvgIpc) is 2.38. The second-order valence-corrected chi connectivity index (χ2v) is 7.64. The van der Waals surface area contributed by atoms with E-state index in [-0.39, 0.29) is 9.79 Å². The summed E-state index contributed by atoms with van der Waals surface area (Å²) in [5.74, 6) is 0. The highest BCUT2D eigenvalue weighted by Gasteiger charge is 2.20. The third-order valence-corrected chi connectivity index (χ3v) is 5.80. The normalized spacial score (nSPS) is 11.5. The molecular weight excluding hydrogens is 370 g/mol. The Bertz CT molecular complexity index is 702. The number of hydrogen-bond donors (Lipinski definition) is 0. The number of aryl methyl sites for hydroxylation is 1. The molecule has 0 spiro atoms. The van der Waals surface area contributed by atoms with E-state index in [2.05, 4.69) is 20.9 Å². The molecule has 1 aromatic heterocycles. The number of hydrogen-bond acceptors (Lipinski definition) is 4. The van der Waals surface area contributed by atoms with Crippen molar-refractivity contribution in [2.45, 2.75) is 21.7 Å². The number of sulfone groups is 1. The third-order valence-electron chi connectivity index (χ3n) is 2.50. The lowest BCUT2D eigenvalue weighted by Crippen LogP contribution is -2.05. The van der Waals surface area contributed by atoms with Crippen LogP contribution in [0.2, 0.25) is 0 Å². The highest BCUT2D eigenvalue weighted by Crippen LogP contribution is 2.27. The SMILES string of the molecule is Cc1nc(SCl)ccc1S(=O)(=O)c1ccc(Br)cc1. The highest BCUT2D eigenvalue weighted by molar-refractivity contribution is 9.10. The molecule has 0 fully saturated rings. The predicted molar refractivity (Wildman–Crippen MR) is 80.3 cm³/mol. The van der Waals surface area contributed by atoms with E-state index in [1.54, 1.807) is 37.3 Å². The first kappa shape index (κ1) is 14.8. The van der Waals surface area contributed by atoms with Crippen LogP contribution in [-0.2, 0) is 9.84 Å². The molecular formula is C12H9BrClNO2S2. The van der Waals surface area contributed by atoms with Gasteiger partial charge in [0.15, 0.2) is 0 Å². The van der Waals surface area contributed by atoms with Crippen LogP contribution < -0.4 is 0 Å². The van der Waals surface area contributed by atoms with Gasteiger partial charge in [-0.25, -0.2) is 13.4 Å². The van der Waals surface area contributed by atoms with Crippen LogP contribution in [0.4, 0.5) is 0 Å². The Morgan fingerprint density at radius 2 is 1.79 bits per heavy atom. The molecule has 2 rings (SSSR count). The molecule has 0 aliphatic heterocycles. The van der Waals surface area contributed by atoms with Crippen molar-refractivity contribution < 1.29 is 8.42 Å². The molecule has 1 aromatic carbocycles. The molecule has 0 N–H and O–H groups in total. The number of aromatic nitrogens is 1. The van der Waals surface area contributed by atoms with Gasteiger partial charge < -0.3 is 0 Å². The van der Waals surface area contributed by atoms with E-state index in [0.29, 0.717) is 10.7 Å². The van der Waals surface area contributed by atoms with Crippen LogP contribution >= 0.6 is 37.6 Å². The van der Waals surface area contributed by atoms with Crippen LogP contribution in [-0.4, -0.2) is 13.4 Å². The van der Waals surface area contributed by atoms with Crippen LogP contribution in [0.25, 0.3) is 0 Å². The van der Waals surface area contributed by atoms with Crippen molar-refractivity contribution in [2.24, 2.45) is 0 Å². The van der Waals surface area contributed by atoms with Gasteiger partial charge in [0.1, 0.15) is 5.03 Å². The maximum absolute atomic E-state index is 12.5. The van der Waals surface area contributed by atoms with Crippen molar-refractivity contribution in [3.05, 3.63) is 46.6 Å². The number of halogens is 2. The lowest BCUT2D eigenvalue weighted by Gasteiger charge is -2.08. The molecule has 0 bridgehead atoms. The van der Waals surface area contributed by atoms with Crippen LogP contribution in [0, 0.1) is 6.92 Å². The number of pyridine rings is 1. The van der Waals surface area contributed by atoms with Gasteiger partial charge in [0.2, 0.25) is 9.84 Å². The van der Waals surface area contributed by atoms with E-state index < -0.39 is 9.84 Å². The lowest BCUT2D eigenvalue weighted by molar-refractivity contribution is 0.594. The van der Waals surface area contributed by atoms with Gasteiger partial charge in [-0.05, 0) is 54.0 Å². The minimum absolute atomic E-state index is 0.198. The van der Waals surface area contributed by atoms with Gasteiger partial charge in [0.05, 0.1) is 15.5 Å². The van der Waals surface area contributed by atoms with Crippen LogP contribution in [0.5, 0.6) is 0 Å². The van der Waals surface area contributed by atoms with Gasteiger partial charge in [0, 0.05) is 15.4 Å². The first-order valence-corrected chi connectivity index (χ1v) is 9.14. The number of rotatable bonds is 3. The second-order valence-electron chi connectivity index (χ2n) is 3.77. The summed E-state index contributed by atoms with van der Waals surface area (Å²) in [5.41, 5.74) is 0.438. The highest BCUT2D eigenvalue weighted by atomic mass is 79.9. The van der Waals surface area contributed by atoms with E-state index in [9.17, 15) is 8.42 Å². The van der Waals surface area contributed by atoms with E-state index in [0.717, 1.165) is 15.4 Å². The predicted octanol–water partition coefficient (Wildman–Crippen LogP) is 4.23. The Labute approximate surface area is 128 Å². The standard InChI is InChI=1S/C12H9BrClNO2S2/c1-8-11(6-7-12(15-8)18-14)19(16,17)10-4-2-9(13)3-5-10/h2-7H,1H3. The summed E-state index contributed by atoms with van der Waals surface area (Å²) in [7, 11) is 3.01. The van der Waals surface area contributed by atoms with Crippen molar-refractivity contribution in [2.75, 3.05) is 0 Å². The van der Waals surface area contributed by atoms with E-state index in [1.807, 2.05) is 0 Å². The van der Waals surface area contributed by atoms with Crippen molar-refractivity contribution in [3.8, 4) is 0 Å². The summed E-state index contributed by atoms with van der Waals surface area (Å²) in [6, 6.07) is 9.63. The molecule has 2 aromatic rings. The quantitative estimate of drug-likeness (QED) is 0.802. The van der Waals surface area contributed by atoms with Crippen molar-refractivity contribution >= 4 is 47.4 Å². The van der Waals surface area contributed by atoms with Gasteiger partial charge >= 0.3 is 0 Å². The van der Waals surface area contributed by atoms with Crippen LogP contribution in [0.1, 0.15) is 5.69 Å². The van der Waals surface area contributed by atoms with Crippen molar-refractivity contribution in [3.63, 3.8) is 0 Å². The van der Waals surface area contributed by atoms with Crippen LogP contribution in [0.15, 0.2) is 55.7 Å². The summed E-state index contributed by atoms with van der Waals surface area (Å²) >= 11 is 3.28. The van der Waals surface area contributed by atoms with Crippen LogP contribution in [0.3, 0.4) is 0 Å². The largest absolute Gasteiger partial charge is 0.244 e. The van der Waals surface area contributed by atoms with E-state index >= 15 is 0 Å². The smallest absolute Gasteiger partial charge is 0.208 e. The Hall–Kier alpha value is -0.560. The molecule has 0 atom stereocenters. The molecule has 3 nitrogen and oxygen atoms in total. The minimum Gasteiger partial charge on any atom is -0.244 e. The number of benzene rings is 1. The summed E-state index contributed by atoms with van der Waals surface area (Å²) in [6.07, 6.45) is 0. The minimum atomic E-state index is -3.55. The topological polar surface area (TPSA) is 47.0 Å². The zero-order valence-corrected chi connectivity index (χ0v) is 13.8. The summed E-state index contributed by atoms with van der Waals surface area (Å²) < 4.78 is 25.8. The molecule has 0 aliphatic rings. The molecule has 100 valence electrons. The Morgan fingerprint density at radius 3 is 2.32 bits per heavy atom.